The van der Waals surface area contributed by atoms with Crippen molar-refractivity contribution < 1.29 is 9.59 Å². The molecule has 3 heterocycles. The maximum atomic E-state index is 12.2. The second-order valence-electron chi connectivity index (χ2n) is 7.00. The van der Waals surface area contributed by atoms with E-state index in [0.717, 1.165) is 44.7 Å². The molecule has 0 radical (unpaired) electrons. The predicted octanol–water partition coefficient (Wildman–Crippen LogP) is 2.28. The van der Waals surface area contributed by atoms with Gasteiger partial charge in [-0.1, -0.05) is 6.42 Å². The number of amides is 2. The summed E-state index contributed by atoms with van der Waals surface area (Å²) >= 11 is 0. The summed E-state index contributed by atoms with van der Waals surface area (Å²) in [5, 5.41) is 2.90. The van der Waals surface area contributed by atoms with Crippen LogP contribution in [0.3, 0.4) is 0 Å². The third-order valence-electron chi connectivity index (χ3n) is 5.22. The Kier molecular flexibility index (Phi) is 6.39. The number of nitrogens with one attached hydrogen (secondary N) is 1. The Morgan fingerprint density at radius 2 is 2.16 bits per heavy atom. The lowest BCUT2D eigenvalue weighted by Crippen LogP contribution is -2.43. The maximum absolute atomic E-state index is 12.2. The minimum atomic E-state index is 0.0343. The molecule has 25 heavy (non-hydrogen) atoms. The topological polar surface area (TPSA) is 65.5 Å². The normalized spacial score (nSPS) is 21.5. The molecule has 3 rings (SSSR count). The highest BCUT2D eigenvalue weighted by Crippen LogP contribution is 2.21. The van der Waals surface area contributed by atoms with Crippen LogP contribution in [0.2, 0.25) is 0 Å². The summed E-state index contributed by atoms with van der Waals surface area (Å²) in [6.45, 7) is 3.62. The van der Waals surface area contributed by atoms with Crippen LogP contribution < -0.4 is 5.32 Å². The summed E-state index contributed by atoms with van der Waals surface area (Å²) in [7, 11) is 0. The van der Waals surface area contributed by atoms with E-state index in [-0.39, 0.29) is 5.91 Å². The Morgan fingerprint density at radius 3 is 2.92 bits per heavy atom. The molecular weight excluding hydrogens is 316 g/mol. The first kappa shape index (κ1) is 17.9. The minimum absolute atomic E-state index is 0.0343. The van der Waals surface area contributed by atoms with Crippen molar-refractivity contribution in [2.24, 2.45) is 0 Å². The fraction of sp³-hybridized carbons (Fsp3) is 0.632. The van der Waals surface area contributed by atoms with E-state index in [0.29, 0.717) is 24.8 Å². The van der Waals surface area contributed by atoms with E-state index in [1.54, 1.807) is 12.4 Å². The predicted molar refractivity (Wildman–Crippen MR) is 97.1 cm³/mol. The van der Waals surface area contributed by atoms with Gasteiger partial charge in [0.2, 0.25) is 11.8 Å². The van der Waals surface area contributed by atoms with Crippen LogP contribution in [-0.4, -0.2) is 58.8 Å². The Hall–Kier alpha value is -1.95. The highest BCUT2D eigenvalue weighted by Gasteiger charge is 2.25. The number of rotatable bonds is 7. The number of hydrogen-bond acceptors (Lipinski definition) is 4. The molecule has 0 bridgehead atoms. The molecule has 2 aliphatic rings. The van der Waals surface area contributed by atoms with Gasteiger partial charge in [0.05, 0.1) is 11.9 Å². The van der Waals surface area contributed by atoms with Gasteiger partial charge in [-0.05, 0) is 44.4 Å². The summed E-state index contributed by atoms with van der Waals surface area (Å²) in [6, 6.07) is 4.16. The molecule has 6 heteroatoms. The van der Waals surface area contributed by atoms with Gasteiger partial charge in [-0.3, -0.25) is 19.5 Å². The molecule has 0 aromatic carbocycles. The Bertz CT molecular complexity index is 578. The van der Waals surface area contributed by atoms with E-state index >= 15 is 0 Å². The van der Waals surface area contributed by atoms with E-state index in [1.165, 1.54) is 19.3 Å². The molecular formula is C19H28N4O2. The number of likely N-dealkylation sites (tertiary alicyclic amines) is 2. The Balaban J connectivity index is 1.44. The van der Waals surface area contributed by atoms with Crippen LogP contribution in [0.15, 0.2) is 24.5 Å². The highest BCUT2D eigenvalue weighted by molar-refractivity contribution is 5.90. The zero-order valence-corrected chi connectivity index (χ0v) is 14.8. The summed E-state index contributed by atoms with van der Waals surface area (Å²) < 4.78 is 0. The SMILES string of the molecule is O=C(CCN1CCCC[C@H]1CCN1CCCC1=O)Nc1cccnc1. The summed E-state index contributed by atoms with van der Waals surface area (Å²) in [5.74, 6) is 0.338. The largest absolute Gasteiger partial charge is 0.343 e. The van der Waals surface area contributed by atoms with Gasteiger partial charge in [-0.15, -0.1) is 0 Å². The third kappa shape index (κ3) is 5.26. The zero-order valence-electron chi connectivity index (χ0n) is 14.8. The van der Waals surface area contributed by atoms with Crippen molar-refractivity contribution in [2.45, 2.75) is 51.0 Å². The molecule has 1 aromatic rings. The molecule has 1 N–H and O–H groups in total. The number of carbonyl (C=O) groups is 2. The molecule has 0 unspecified atom stereocenters. The number of piperidine rings is 1. The summed E-state index contributed by atoms with van der Waals surface area (Å²) in [6.07, 6.45) is 10.2. The minimum Gasteiger partial charge on any atom is -0.343 e. The van der Waals surface area contributed by atoms with Crippen LogP contribution in [0.5, 0.6) is 0 Å². The van der Waals surface area contributed by atoms with Crippen LogP contribution >= 0.6 is 0 Å². The van der Waals surface area contributed by atoms with E-state index in [4.69, 9.17) is 0 Å². The number of aromatic nitrogens is 1. The summed E-state index contributed by atoms with van der Waals surface area (Å²) in [4.78, 5) is 32.4. The lowest BCUT2D eigenvalue weighted by Gasteiger charge is -2.36. The van der Waals surface area contributed by atoms with Crippen molar-refractivity contribution in [3.8, 4) is 0 Å². The van der Waals surface area contributed by atoms with Crippen molar-refractivity contribution >= 4 is 17.5 Å². The molecule has 6 nitrogen and oxygen atoms in total. The fourth-order valence-corrected chi connectivity index (χ4v) is 3.83. The number of anilines is 1. The van der Waals surface area contributed by atoms with E-state index in [9.17, 15) is 9.59 Å². The van der Waals surface area contributed by atoms with Crippen molar-refractivity contribution in [3.63, 3.8) is 0 Å². The lowest BCUT2D eigenvalue weighted by molar-refractivity contribution is -0.127. The first-order valence-corrected chi connectivity index (χ1v) is 9.44. The van der Waals surface area contributed by atoms with Crippen LogP contribution in [0.4, 0.5) is 5.69 Å². The Morgan fingerprint density at radius 1 is 1.24 bits per heavy atom. The number of carbonyl (C=O) groups excluding carboxylic acids is 2. The van der Waals surface area contributed by atoms with E-state index < -0.39 is 0 Å². The smallest absolute Gasteiger partial charge is 0.225 e. The van der Waals surface area contributed by atoms with Gasteiger partial charge in [-0.25, -0.2) is 0 Å². The molecule has 1 atom stereocenters. The van der Waals surface area contributed by atoms with Crippen LogP contribution in [-0.2, 0) is 9.59 Å². The van der Waals surface area contributed by atoms with Crippen LogP contribution in [0.25, 0.3) is 0 Å². The fourth-order valence-electron chi connectivity index (χ4n) is 3.83. The van der Waals surface area contributed by atoms with Crippen LogP contribution in [0.1, 0.15) is 44.9 Å². The van der Waals surface area contributed by atoms with Gasteiger partial charge in [0.1, 0.15) is 0 Å². The van der Waals surface area contributed by atoms with Crippen LogP contribution in [0, 0.1) is 0 Å². The van der Waals surface area contributed by atoms with Gasteiger partial charge < -0.3 is 10.2 Å². The first-order valence-electron chi connectivity index (χ1n) is 9.44. The third-order valence-corrected chi connectivity index (χ3v) is 5.22. The van der Waals surface area contributed by atoms with Crippen molar-refractivity contribution in [2.75, 3.05) is 31.5 Å². The average Bonchev–Trinajstić information content (AvgIpc) is 3.05. The second-order valence-corrected chi connectivity index (χ2v) is 7.00. The molecule has 2 fully saturated rings. The van der Waals surface area contributed by atoms with Gasteiger partial charge in [0.15, 0.2) is 0 Å². The van der Waals surface area contributed by atoms with Gasteiger partial charge in [0, 0.05) is 44.7 Å². The number of nitrogens with zero attached hydrogens (tertiary/aromatic N) is 3. The summed E-state index contributed by atoms with van der Waals surface area (Å²) in [5.41, 5.74) is 0.746. The average molecular weight is 344 g/mol. The van der Waals surface area contributed by atoms with Crippen molar-refractivity contribution in [1.29, 1.82) is 0 Å². The highest BCUT2D eigenvalue weighted by atomic mass is 16.2. The molecule has 0 saturated carbocycles. The maximum Gasteiger partial charge on any atom is 0.225 e. The Labute approximate surface area is 149 Å². The van der Waals surface area contributed by atoms with Gasteiger partial charge in [0.25, 0.3) is 0 Å². The van der Waals surface area contributed by atoms with Gasteiger partial charge in [-0.2, -0.15) is 0 Å². The first-order chi connectivity index (χ1) is 12.2. The van der Waals surface area contributed by atoms with Crippen molar-refractivity contribution in [3.05, 3.63) is 24.5 Å². The quantitative estimate of drug-likeness (QED) is 0.824. The van der Waals surface area contributed by atoms with E-state index in [1.807, 2.05) is 17.0 Å². The molecule has 136 valence electrons. The molecule has 1 aromatic heterocycles. The van der Waals surface area contributed by atoms with Gasteiger partial charge >= 0.3 is 0 Å². The standard InChI is InChI=1S/C19H28N4O2/c24-18(21-16-5-3-10-20-15-16)9-14-22-11-2-1-6-17(22)8-13-23-12-4-7-19(23)25/h3,5,10,15,17H,1-2,4,6-9,11-14H2,(H,21,24)/t17-/m0/s1. The van der Waals surface area contributed by atoms with E-state index in [2.05, 4.69) is 15.2 Å². The monoisotopic (exact) mass is 344 g/mol. The lowest BCUT2D eigenvalue weighted by atomic mass is 9.99. The molecule has 2 amide bonds. The molecule has 0 spiro atoms. The molecule has 0 aliphatic carbocycles. The second kappa shape index (κ2) is 8.94. The zero-order chi connectivity index (χ0) is 17.5. The number of hydrogen-bond donors (Lipinski definition) is 1. The number of pyridine rings is 1. The molecule has 2 saturated heterocycles. The molecule has 2 aliphatic heterocycles. The van der Waals surface area contributed by atoms with Crippen molar-refractivity contribution in [1.82, 2.24) is 14.8 Å².